The molecule has 0 spiro atoms. The van der Waals surface area contributed by atoms with Gasteiger partial charge in [0.05, 0.1) is 17.5 Å². The molecule has 0 amide bonds. The molecule has 0 saturated heterocycles. The number of aliphatic carboxylic acids is 1. The van der Waals surface area contributed by atoms with Crippen LogP contribution in [0.2, 0.25) is 0 Å². The molecule has 1 aliphatic heterocycles. The summed E-state index contributed by atoms with van der Waals surface area (Å²) in [6.07, 6.45) is 7.06. The van der Waals surface area contributed by atoms with E-state index < -0.39 is 22.0 Å². The Morgan fingerprint density at radius 1 is 1.03 bits per heavy atom. The van der Waals surface area contributed by atoms with Crippen molar-refractivity contribution in [3.63, 3.8) is 0 Å². The number of furan rings is 1. The van der Waals surface area contributed by atoms with Gasteiger partial charge in [0.25, 0.3) is 0 Å². The molecular formula is C23H20ClN3O5S. The first-order valence-corrected chi connectivity index (χ1v) is 11.4. The van der Waals surface area contributed by atoms with E-state index in [1.54, 1.807) is 30.7 Å². The van der Waals surface area contributed by atoms with Gasteiger partial charge in [-0.3, -0.25) is 0 Å². The van der Waals surface area contributed by atoms with Gasteiger partial charge in [-0.2, -0.15) is 4.31 Å². The standard InChI is InChI=1S/C23H19N3O5S.ClH/c27-23(28)21-22-18(10-14-31-22)9-12-26(21)32(29,30)20-7-3-17(4-8-20)16-1-5-19(6-2-16)25-13-11-24-15-25;/h1-8,10-11,13-15,21H,9,12H2,(H,27,28);1H. The lowest BCUT2D eigenvalue weighted by molar-refractivity contribution is -0.142. The van der Waals surface area contributed by atoms with E-state index in [2.05, 4.69) is 4.98 Å². The van der Waals surface area contributed by atoms with Gasteiger partial charge in [-0.15, -0.1) is 12.4 Å². The zero-order valence-electron chi connectivity index (χ0n) is 17.2. The molecule has 8 nitrogen and oxygen atoms in total. The summed E-state index contributed by atoms with van der Waals surface area (Å²) in [6, 6.07) is 14.5. The Balaban J connectivity index is 0.00000259. The third-order valence-electron chi connectivity index (χ3n) is 5.62. The fraction of sp³-hybridized carbons (Fsp3) is 0.130. The number of nitrogens with zero attached hydrogens (tertiary/aromatic N) is 3. The summed E-state index contributed by atoms with van der Waals surface area (Å²) < 4.78 is 34.7. The van der Waals surface area contributed by atoms with Gasteiger partial charge in [-0.1, -0.05) is 24.3 Å². The van der Waals surface area contributed by atoms with E-state index in [9.17, 15) is 18.3 Å². The van der Waals surface area contributed by atoms with Crippen LogP contribution in [0.25, 0.3) is 16.8 Å². The van der Waals surface area contributed by atoms with E-state index in [0.717, 1.165) is 26.7 Å². The molecule has 0 fully saturated rings. The number of carboxylic acid groups (broad SMARTS) is 1. The fourth-order valence-corrected chi connectivity index (χ4v) is 5.52. The second-order valence-electron chi connectivity index (χ2n) is 7.46. The Hall–Kier alpha value is -3.40. The molecule has 0 aliphatic carbocycles. The lowest BCUT2D eigenvalue weighted by Crippen LogP contribution is -2.43. The number of halogens is 1. The Bertz CT molecular complexity index is 1360. The summed E-state index contributed by atoms with van der Waals surface area (Å²) in [7, 11) is -4.03. The molecule has 1 N–H and O–H groups in total. The molecule has 170 valence electrons. The Morgan fingerprint density at radius 2 is 1.70 bits per heavy atom. The maximum Gasteiger partial charge on any atom is 0.329 e. The van der Waals surface area contributed by atoms with E-state index in [4.69, 9.17) is 4.42 Å². The van der Waals surface area contributed by atoms with Crippen LogP contribution in [0, 0.1) is 0 Å². The van der Waals surface area contributed by atoms with Crippen molar-refractivity contribution in [1.29, 1.82) is 0 Å². The van der Waals surface area contributed by atoms with E-state index in [1.165, 1.54) is 18.4 Å². The molecule has 0 saturated carbocycles. The number of fused-ring (bicyclic) bond motifs is 1. The predicted octanol–water partition coefficient (Wildman–Crippen LogP) is 3.93. The summed E-state index contributed by atoms with van der Waals surface area (Å²) in [6.45, 7) is 0.0727. The first kappa shape index (κ1) is 22.8. The number of imidazole rings is 1. The van der Waals surface area contributed by atoms with Crippen molar-refractivity contribution in [3.05, 3.63) is 90.9 Å². The molecule has 4 aromatic rings. The molecule has 1 unspecified atom stereocenters. The Labute approximate surface area is 196 Å². The van der Waals surface area contributed by atoms with Gasteiger partial charge in [-0.05, 0) is 53.4 Å². The van der Waals surface area contributed by atoms with Crippen molar-refractivity contribution in [2.75, 3.05) is 6.54 Å². The largest absolute Gasteiger partial charge is 0.480 e. The van der Waals surface area contributed by atoms with Crippen molar-refractivity contribution < 1.29 is 22.7 Å². The second-order valence-corrected chi connectivity index (χ2v) is 9.35. The predicted molar refractivity (Wildman–Crippen MR) is 123 cm³/mol. The topological polar surface area (TPSA) is 106 Å². The van der Waals surface area contributed by atoms with Crippen LogP contribution in [0.15, 0.2) is 88.9 Å². The van der Waals surface area contributed by atoms with Crippen LogP contribution in [0.4, 0.5) is 0 Å². The first-order valence-electron chi connectivity index (χ1n) is 9.95. The van der Waals surface area contributed by atoms with E-state index in [1.807, 2.05) is 35.0 Å². The molecule has 5 rings (SSSR count). The van der Waals surface area contributed by atoms with Gasteiger partial charge in [0.2, 0.25) is 10.0 Å². The van der Waals surface area contributed by atoms with Gasteiger partial charge in [0, 0.05) is 24.6 Å². The van der Waals surface area contributed by atoms with Crippen molar-refractivity contribution in [2.45, 2.75) is 17.4 Å². The second kappa shape index (κ2) is 8.86. The molecule has 1 aliphatic rings. The minimum atomic E-state index is -4.03. The molecule has 3 heterocycles. The van der Waals surface area contributed by atoms with Gasteiger partial charge in [0.1, 0.15) is 5.76 Å². The molecule has 0 bridgehead atoms. The maximum atomic E-state index is 13.3. The van der Waals surface area contributed by atoms with Crippen LogP contribution in [0.3, 0.4) is 0 Å². The van der Waals surface area contributed by atoms with Crippen molar-refractivity contribution >= 4 is 28.4 Å². The smallest absolute Gasteiger partial charge is 0.329 e. The van der Waals surface area contributed by atoms with Gasteiger partial charge in [0.15, 0.2) is 6.04 Å². The average molecular weight is 486 g/mol. The van der Waals surface area contributed by atoms with E-state index in [-0.39, 0.29) is 29.6 Å². The van der Waals surface area contributed by atoms with Crippen molar-refractivity contribution in [2.24, 2.45) is 0 Å². The lowest BCUT2D eigenvalue weighted by Gasteiger charge is -2.31. The highest BCUT2D eigenvalue weighted by molar-refractivity contribution is 7.89. The first-order chi connectivity index (χ1) is 15.4. The van der Waals surface area contributed by atoms with Crippen LogP contribution in [0.1, 0.15) is 17.4 Å². The minimum absolute atomic E-state index is 0. The monoisotopic (exact) mass is 485 g/mol. The summed E-state index contributed by atoms with van der Waals surface area (Å²) in [5.41, 5.74) is 3.47. The average Bonchev–Trinajstić information content (AvgIpc) is 3.50. The van der Waals surface area contributed by atoms with Crippen LogP contribution in [-0.4, -0.2) is 39.9 Å². The van der Waals surface area contributed by atoms with Crippen molar-refractivity contribution in [1.82, 2.24) is 13.9 Å². The maximum absolute atomic E-state index is 13.3. The van der Waals surface area contributed by atoms with Crippen LogP contribution >= 0.6 is 12.4 Å². The lowest BCUT2D eigenvalue weighted by atomic mass is 10.0. The van der Waals surface area contributed by atoms with Gasteiger partial charge < -0.3 is 14.1 Å². The number of carboxylic acids is 1. The Kier molecular flexibility index (Phi) is 6.11. The minimum Gasteiger partial charge on any atom is -0.480 e. The normalized spacial score (nSPS) is 16.1. The van der Waals surface area contributed by atoms with Gasteiger partial charge in [-0.25, -0.2) is 18.2 Å². The third-order valence-corrected chi connectivity index (χ3v) is 7.50. The van der Waals surface area contributed by atoms with E-state index in [0.29, 0.717) is 6.42 Å². The number of sulfonamides is 1. The zero-order valence-corrected chi connectivity index (χ0v) is 18.9. The number of aromatic nitrogens is 2. The number of hydrogen-bond acceptors (Lipinski definition) is 5. The van der Waals surface area contributed by atoms with Crippen LogP contribution in [0.5, 0.6) is 0 Å². The van der Waals surface area contributed by atoms with Crippen LogP contribution in [-0.2, 0) is 21.2 Å². The number of benzene rings is 2. The fourth-order valence-electron chi connectivity index (χ4n) is 3.97. The molecule has 0 radical (unpaired) electrons. The molecule has 10 heteroatoms. The number of carbonyl (C=O) groups is 1. The van der Waals surface area contributed by atoms with Crippen molar-refractivity contribution in [3.8, 4) is 16.8 Å². The summed E-state index contributed by atoms with van der Waals surface area (Å²) in [5, 5.41) is 9.70. The van der Waals surface area contributed by atoms with E-state index >= 15 is 0 Å². The summed E-state index contributed by atoms with van der Waals surface area (Å²) in [4.78, 5) is 16.0. The highest BCUT2D eigenvalue weighted by Gasteiger charge is 2.42. The molecule has 1 atom stereocenters. The number of hydrogen-bond donors (Lipinski definition) is 1. The summed E-state index contributed by atoms with van der Waals surface area (Å²) in [5.74, 6) is -1.10. The molecular weight excluding hydrogens is 466 g/mol. The Morgan fingerprint density at radius 3 is 2.30 bits per heavy atom. The molecule has 33 heavy (non-hydrogen) atoms. The van der Waals surface area contributed by atoms with Crippen LogP contribution < -0.4 is 0 Å². The highest BCUT2D eigenvalue weighted by Crippen LogP contribution is 2.35. The third kappa shape index (κ3) is 4.06. The highest BCUT2D eigenvalue weighted by atomic mass is 35.5. The molecule has 2 aromatic heterocycles. The number of rotatable bonds is 5. The summed E-state index contributed by atoms with van der Waals surface area (Å²) >= 11 is 0. The quantitative estimate of drug-likeness (QED) is 0.459. The molecule has 2 aromatic carbocycles. The SMILES string of the molecule is Cl.O=C(O)C1c2occc2CCN1S(=O)(=O)c1ccc(-c2ccc(-n3ccnc3)cc2)cc1. The van der Waals surface area contributed by atoms with Gasteiger partial charge >= 0.3 is 5.97 Å². The zero-order chi connectivity index (χ0) is 22.3.